The average Bonchev–Trinajstić information content (AvgIpc) is 3.46. The van der Waals surface area contributed by atoms with Crippen molar-refractivity contribution in [3.05, 3.63) is 24.3 Å². The molecule has 0 heterocycles. The molecule has 0 radical (unpaired) electrons. The van der Waals surface area contributed by atoms with Gasteiger partial charge in [-0.25, -0.2) is 0 Å². The number of carboxylic acids is 1. The zero-order valence-electron chi connectivity index (χ0n) is 56.1. The minimum Gasteiger partial charge on any atom is -0.545 e. The molecule has 0 aliphatic heterocycles. The van der Waals surface area contributed by atoms with Crippen LogP contribution in [-0.2, 0) is 33.3 Å². The van der Waals surface area contributed by atoms with Crippen LogP contribution in [0, 0.1) is 0 Å². The van der Waals surface area contributed by atoms with Crippen LogP contribution in [0.2, 0.25) is 0 Å². The molecule has 2 atom stereocenters. The van der Waals surface area contributed by atoms with Crippen molar-refractivity contribution in [3.63, 3.8) is 0 Å². The highest BCUT2D eigenvalue weighted by molar-refractivity contribution is 5.70. The van der Waals surface area contributed by atoms with Crippen molar-refractivity contribution in [3.8, 4) is 0 Å². The van der Waals surface area contributed by atoms with Gasteiger partial charge < -0.3 is 33.3 Å². The first-order valence-corrected chi connectivity index (χ1v) is 36.5. The van der Waals surface area contributed by atoms with E-state index in [1.165, 1.54) is 308 Å². The molecule has 0 N–H and O–H groups in total. The molecule has 0 aromatic carbocycles. The molecule has 0 aromatic heterocycles. The largest absolute Gasteiger partial charge is 0.545 e. The van der Waals surface area contributed by atoms with E-state index in [1.807, 2.05) is 21.1 Å². The molecule has 0 aromatic rings. The van der Waals surface area contributed by atoms with Gasteiger partial charge in [0.2, 0.25) is 0 Å². The van der Waals surface area contributed by atoms with Crippen LogP contribution in [0.25, 0.3) is 0 Å². The van der Waals surface area contributed by atoms with Crippen LogP contribution in [-0.4, -0.2) is 82.3 Å². The number of likely N-dealkylation sites (N-methyl/N-ethyl adjacent to an activating group) is 1. The predicted molar refractivity (Wildman–Crippen MR) is 353 cm³/mol. The Morgan fingerprint density at radius 2 is 0.614 bits per heavy atom. The van der Waals surface area contributed by atoms with Gasteiger partial charge in [-0.05, 0) is 64.2 Å². The Morgan fingerprint density at radius 1 is 0.349 bits per heavy atom. The maximum atomic E-state index is 12.9. The Morgan fingerprint density at radius 3 is 0.892 bits per heavy atom. The zero-order chi connectivity index (χ0) is 60.5. The van der Waals surface area contributed by atoms with Gasteiger partial charge in [0.05, 0.1) is 40.3 Å². The lowest BCUT2D eigenvalue weighted by molar-refractivity contribution is -0.870. The minimum absolute atomic E-state index is 0.151. The lowest BCUT2D eigenvalue weighted by Crippen LogP contribution is -2.44. The summed E-state index contributed by atoms with van der Waals surface area (Å²) in [5.41, 5.74) is 0. The molecular formula is C74H141NO8. The van der Waals surface area contributed by atoms with Crippen LogP contribution in [0.5, 0.6) is 0 Å². The van der Waals surface area contributed by atoms with Gasteiger partial charge in [-0.3, -0.25) is 9.59 Å². The van der Waals surface area contributed by atoms with Crippen LogP contribution >= 0.6 is 0 Å². The summed E-state index contributed by atoms with van der Waals surface area (Å²) < 4.78 is 22.8. The lowest BCUT2D eigenvalue weighted by Gasteiger charge is -2.26. The van der Waals surface area contributed by atoms with E-state index in [9.17, 15) is 19.5 Å². The Bertz CT molecular complexity index is 1410. The fourth-order valence-corrected chi connectivity index (χ4v) is 11.1. The summed E-state index contributed by atoms with van der Waals surface area (Å²) in [7, 11) is 5.94. The van der Waals surface area contributed by atoms with Crippen LogP contribution in [0.1, 0.15) is 373 Å². The summed E-state index contributed by atoms with van der Waals surface area (Å²) in [6.07, 6.45) is 78.6. The van der Waals surface area contributed by atoms with Crippen LogP contribution in [0.4, 0.5) is 0 Å². The molecule has 83 heavy (non-hydrogen) atoms. The normalized spacial score (nSPS) is 12.7. The van der Waals surface area contributed by atoms with E-state index in [2.05, 4.69) is 38.2 Å². The Kier molecular flexibility index (Phi) is 64.0. The monoisotopic (exact) mass is 1170 g/mol. The third-order valence-corrected chi connectivity index (χ3v) is 16.7. The number of hydrogen-bond acceptors (Lipinski definition) is 8. The molecule has 0 aliphatic rings. The summed E-state index contributed by atoms with van der Waals surface area (Å²) in [5, 5.41) is 11.8. The first kappa shape index (κ1) is 80.8. The number of esters is 2. The summed E-state index contributed by atoms with van der Waals surface area (Å²) >= 11 is 0. The lowest BCUT2D eigenvalue weighted by atomic mass is 10.0. The molecule has 0 bridgehead atoms. The Hall–Kier alpha value is -2.23. The first-order chi connectivity index (χ1) is 40.6. The number of carbonyl (C=O) groups excluding carboxylic acids is 3. The number of unbranched alkanes of at least 4 members (excludes halogenated alkanes) is 50. The van der Waals surface area contributed by atoms with Crippen molar-refractivity contribution in [1.29, 1.82) is 0 Å². The number of carboxylic acid groups (broad SMARTS) is 1. The topological polar surface area (TPSA) is 111 Å². The highest BCUT2D eigenvalue weighted by Gasteiger charge is 2.22. The molecule has 0 fully saturated rings. The van der Waals surface area contributed by atoms with Gasteiger partial charge in [0.15, 0.2) is 12.4 Å². The SMILES string of the molecule is CCCCCCCC/C=C\CCCCCCCCCCCC(=O)OCC(COC(OCC[N+](C)(C)C)C(=O)[O-])OC(=O)CCCCCCCCCCCCCCCCCCCCCCCCCCCCC/C=C\CCCCCCCCCC. The Labute approximate surface area is 516 Å². The third kappa shape index (κ3) is 67.1. The number of carbonyl (C=O) groups is 3. The molecular weight excluding hydrogens is 1030 g/mol. The van der Waals surface area contributed by atoms with Gasteiger partial charge in [0.25, 0.3) is 0 Å². The van der Waals surface area contributed by atoms with Gasteiger partial charge >= 0.3 is 11.9 Å². The quantitative estimate of drug-likeness (QED) is 0.0195. The van der Waals surface area contributed by atoms with E-state index in [4.69, 9.17) is 18.9 Å². The number of ether oxygens (including phenoxy) is 4. The van der Waals surface area contributed by atoms with Crippen molar-refractivity contribution in [2.45, 2.75) is 386 Å². The summed E-state index contributed by atoms with van der Waals surface area (Å²) in [6, 6.07) is 0. The molecule has 0 spiro atoms. The second-order valence-electron chi connectivity index (χ2n) is 26.2. The first-order valence-electron chi connectivity index (χ1n) is 36.5. The van der Waals surface area contributed by atoms with E-state index < -0.39 is 24.3 Å². The van der Waals surface area contributed by atoms with Crippen LogP contribution in [0.3, 0.4) is 0 Å². The van der Waals surface area contributed by atoms with Crippen molar-refractivity contribution < 1.29 is 42.9 Å². The number of quaternary nitrogens is 1. The number of hydrogen-bond donors (Lipinski definition) is 0. The van der Waals surface area contributed by atoms with Crippen molar-refractivity contribution in [2.24, 2.45) is 0 Å². The highest BCUT2D eigenvalue weighted by atomic mass is 16.7. The van der Waals surface area contributed by atoms with Gasteiger partial charge in [0.1, 0.15) is 13.2 Å². The second-order valence-corrected chi connectivity index (χ2v) is 26.2. The minimum atomic E-state index is -1.62. The molecule has 0 aliphatic carbocycles. The number of allylic oxidation sites excluding steroid dienone is 4. The standard InChI is InChI=1S/C74H141NO8/c1-6-8-10-12-14-16-18-20-22-24-26-27-28-29-30-31-32-33-34-35-36-37-38-39-40-41-42-43-44-45-47-49-51-53-55-57-59-61-63-65-72(77)83-70(69-82-74(73(78)79)80-67-66-75(3,4)5)68-81-71(76)64-62-60-58-56-54-52-50-48-46-25-23-21-19-17-15-13-11-9-7-2/h21,23-24,26,70,74H,6-20,22,25,27-69H2,1-5H3/b23-21-,26-24-. The smallest absolute Gasteiger partial charge is 0.306 e. The molecule has 0 amide bonds. The van der Waals surface area contributed by atoms with E-state index in [-0.39, 0.29) is 32.2 Å². The molecule has 2 unspecified atom stereocenters. The van der Waals surface area contributed by atoms with Gasteiger partial charge in [-0.1, -0.05) is 321 Å². The molecule has 9 nitrogen and oxygen atoms in total. The fourth-order valence-electron chi connectivity index (χ4n) is 11.1. The predicted octanol–water partition coefficient (Wildman–Crippen LogP) is 21.3. The van der Waals surface area contributed by atoms with Gasteiger partial charge in [-0.15, -0.1) is 0 Å². The fraction of sp³-hybridized carbons (Fsp3) is 0.905. The summed E-state index contributed by atoms with van der Waals surface area (Å²) in [4.78, 5) is 37.4. The highest BCUT2D eigenvalue weighted by Crippen LogP contribution is 2.19. The summed E-state index contributed by atoms with van der Waals surface area (Å²) in [5.74, 6) is -2.26. The van der Waals surface area contributed by atoms with E-state index >= 15 is 0 Å². The maximum Gasteiger partial charge on any atom is 0.306 e. The molecule has 9 heteroatoms. The number of nitrogens with zero attached hydrogens (tertiary/aromatic N) is 1. The average molecular weight is 1170 g/mol. The molecule has 0 saturated carbocycles. The van der Waals surface area contributed by atoms with Gasteiger partial charge in [0, 0.05) is 12.8 Å². The maximum absolute atomic E-state index is 12.9. The zero-order valence-corrected chi connectivity index (χ0v) is 56.1. The van der Waals surface area contributed by atoms with Crippen molar-refractivity contribution in [1.82, 2.24) is 0 Å². The molecule has 490 valence electrons. The van der Waals surface area contributed by atoms with Crippen LogP contribution in [0.15, 0.2) is 24.3 Å². The van der Waals surface area contributed by atoms with Crippen molar-refractivity contribution >= 4 is 17.9 Å². The van der Waals surface area contributed by atoms with Crippen LogP contribution < -0.4 is 5.11 Å². The molecule has 0 saturated heterocycles. The van der Waals surface area contributed by atoms with E-state index in [1.54, 1.807) is 0 Å². The third-order valence-electron chi connectivity index (χ3n) is 16.7. The van der Waals surface area contributed by atoms with Gasteiger partial charge in [-0.2, -0.15) is 0 Å². The van der Waals surface area contributed by atoms with E-state index in [0.717, 1.165) is 38.5 Å². The second kappa shape index (κ2) is 65.7. The summed E-state index contributed by atoms with van der Waals surface area (Å²) in [6.45, 7) is 4.81. The van der Waals surface area contributed by atoms with Crippen molar-refractivity contribution in [2.75, 3.05) is 47.5 Å². The Balaban J connectivity index is 3.94. The number of rotatable bonds is 69. The van der Waals surface area contributed by atoms with E-state index in [0.29, 0.717) is 17.4 Å². The number of aliphatic carboxylic acids is 1. The molecule has 0 rings (SSSR count).